The van der Waals surface area contributed by atoms with Gasteiger partial charge in [0.05, 0.1) is 0 Å². The number of amides is 2. The molecule has 0 aromatic rings. The predicted molar refractivity (Wildman–Crippen MR) is 61.6 cm³/mol. The molecule has 1 saturated carbocycles. The van der Waals surface area contributed by atoms with Gasteiger partial charge in [-0.3, -0.25) is 0 Å². The number of rotatable bonds is 3. The Bertz CT molecular complexity index is 210. The molecule has 4 heteroatoms. The molecule has 2 amide bonds. The lowest BCUT2D eigenvalue weighted by Crippen LogP contribution is -2.53. The van der Waals surface area contributed by atoms with Crippen molar-refractivity contribution < 1.29 is 4.79 Å². The largest absolute Gasteiger partial charge is 0.338 e. The first-order chi connectivity index (χ1) is 7.06. The first kappa shape index (κ1) is 12.3. The normalized spacial score (nSPS) is 31.0. The fraction of sp³-hybridized carbons (Fsp3) is 0.909. The first-order valence-electron chi connectivity index (χ1n) is 5.86. The highest BCUT2D eigenvalue weighted by Gasteiger charge is 2.30. The molecule has 1 fully saturated rings. The Morgan fingerprint density at radius 1 is 1.40 bits per heavy atom. The zero-order valence-electron chi connectivity index (χ0n) is 9.81. The fourth-order valence-electron chi connectivity index (χ4n) is 1.99. The summed E-state index contributed by atoms with van der Waals surface area (Å²) >= 11 is 0. The van der Waals surface area contributed by atoms with Gasteiger partial charge in [-0.15, -0.1) is 0 Å². The molecule has 0 radical (unpaired) electrons. The molecule has 1 aliphatic carbocycles. The van der Waals surface area contributed by atoms with Gasteiger partial charge in [-0.25, -0.2) is 4.79 Å². The minimum Gasteiger partial charge on any atom is -0.338 e. The van der Waals surface area contributed by atoms with Crippen LogP contribution in [0.15, 0.2) is 0 Å². The molecule has 88 valence electrons. The zero-order chi connectivity index (χ0) is 11.3. The SMILES string of the molecule is CCNC(=O)NCC1(N)CCC(C)CC1. The van der Waals surface area contributed by atoms with Crippen molar-refractivity contribution in [2.75, 3.05) is 13.1 Å². The van der Waals surface area contributed by atoms with E-state index in [1.54, 1.807) is 0 Å². The van der Waals surface area contributed by atoms with Crippen molar-refractivity contribution >= 4 is 6.03 Å². The monoisotopic (exact) mass is 213 g/mol. The fourth-order valence-corrected chi connectivity index (χ4v) is 1.99. The summed E-state index contributed by atoms with van der Waals surface area (Å²) < 4.78 is 0. The van der Waals surface area contributed by atoms with Crippen molar-refractivity contribution in [3.63, 3.8) is 0 Å². The molecule has 15 heavy (non-hydrogen) atoms. The molecular formula is C11H23N3O. The minimum absolute atomic E-state index is 0.110. The Balaban J connectivity index is 2.27. The van der Waals surface area contributed by atoms with Crippen LogP contribution >= 0.6 is 0 Å². The number of carbonyl (C=O) groups excluding carboxylic acids is 1. The summed E-state index contributed by atoms with van der Waals surface area (Å²) in [6.45, 7) is 5.41. The third-order valence-electron chi connectivity index (χ3n) is 3.21. The van der Waals surface area contributed by atoms with Crippen molar-refractivity contribution in [2.45, 2.75) is 45.1 Å². The highest BCUT2D eigenvalue weighted by Crippen LogP contribution is 2.29. The zero-order valence-corrected chi connectivity index (χ0v) is 9.81. The summed E-state index contributed by atoms with van der Waals surface area (Å²) in [6.07, 6.45) is 4.38. The van der Waals surface area contributed by atoms with Gasteiger partial charge in [0.2, 0.25) is 0 Å². The summed E-state index contributed by atoms with van der Waals surface area (Å²) in [5.74, 6) is 0.783. The van der Waals surface area contributed by atoms with Crippen molar-refractivity contribution in [1.82, 2.24) is 10.6 Å². The standard InChI is InChI=1S/C11H23N3O/c1-3-13-10(15)14-8-11(12)6-4-9(2)5-7-11/h9H,3-8,12H2,1-2H3,(H2,13,14,15). The molecule has 0 spiro atoms. The number of carbonyl (C=O) groups is 1. The lowest BCUT2D eigenvalue weighted by atomic mass is 9.78. The van der Waals surface area contributed by atoms with Gasteiger partial charge >= 0.3 is 6.03 Å². The van der Waals surface area contributed by atoms with Crippen LogP contribution in [0.5, 0.6) is 0 Å². The molecule has 0 aliphatic heterocycles. The van der Waals surface area contributed by atoms with E-state index in [1.807, 2.05) is 6.92 Å². The molecule has 4 N–H and O–H groups in total. The van der Waals surface area contributed by atoms with E-state index in [-0.39, 0.29) is 11.6 Å². The van der Waals surface area contributed by atoms with Gasteiger partial charge in [-0.1, -0.05) is 6.92 Å². The van der Waals surface area contributed by atoms with Gasteiger partial charge in [0.25, 0.3) is 0 Å². The lowest BCUT2D eigenvalue weighted by Gasteiger charge is -2.36. The summed E-state index contributed by atoms with van der Waals surface area (Å²) in [5.41, 5.74) is 6.04. The van der Waals surface area contributed by atoms with E-state index >= 15 is 0 Å². The summed E-state index contributed by atoms with van der Waals surface area (Å²) in [6, 6.07) is -0.110. The van der Waals surface area contributed by atoms with E-state index in [9.17, 15) is 4.79 Å². The van der Waals surface area contributed by atoms with E-state index in [1.165, 1.54) is 12.8 Å². The number of hydrogen-bond acceptors (Lipinski definition) is 2. The first-order valence-corrected chi connectivity index (χ1v) is 5.86. The third kappa shape index (κ3) is 4.08. The van der Waals surface area contributed by atoms with E-state index in [4.69, 9.17) is 5.73 Å². The number of urea groups is 1. The van der Waals surface area contributed by atoms with Crippen LogP contribution in [-0.4, -0.2) is 24.7 Å². The molecule has 0 bridgehead atoms. The molecule has 1 aliphatic rings. The van der Waals surface area contributed by atoms with Crippen LogP contribution in [0.3, 0.4) is 0 Å². The van der Waals surface area contributed by atoms with E-state index in [0.29, 0.717) is 13.1 Å². The molecule has 0 aromatic carbocycles. The third-order valence-corrected chi connectivity index (χ3v) is 3.21. The van der Waals surface area contributed by atoms with Crippen LogP contribution in [0.1, 0.15) is 39.5 Å². The average molecular weight is 213 g/mol. The van der Waals surface area contributed by atoms with E-state index in [2.05, 4.69) is 17.6 Å². The second kappa shape index (κ2) is 5.35. The maximum absolute atomic E-state index is 11.2. The Morgan fingerprint density at radius 2 is 2.00 bits per heavy atom. The van der Waals surface area contributed by atoms with Crippen molar-refractivity contribution in [3.05, 3.63) is 0 Å². The van der Waals surface area contributed by atoms with Crippen molar-refractivity contribution in [3.8, 4) is 0 Å². The average Bonchev–Trinajstić information content (AvgIpc) is 2.21. The summed E-state index contributed by atoms with van der Waals surface area (Å²) in [7, 11) is 0. The molecule has 1 rings (SSSR count). The number of nitrogens with two attached hydrogens (primary N) is 1. The van der Waals surface area contributed by atoms with E-state index in [0.717, 1.165) is 18.8 Å². The Hall–Kier alpha value is -0.770. The quantitative estimate of drug-likeness (QED) is 0.659. The van der Waals surface area contributed by atoms with Gasteiger partial charge in [0, 0.05) is 18.6 Å². The second-order valence-electron chi connectivity index (χ2n) is 4.76. The number of nitrogens with one attached hydrogen (secondary N) is 2. The smallest absolute Gasteiger partial charge is 0.314 e. The highest BCUT2D eigenvalue weighted by atomic mass is 16.2. The van der Waals surface area contributed by atoms with Gasteiger partial charge in [-0.05, 0) is 38.5 Å². The molecule has 4 nitrogen and oxygen atoms in total. The Labute approximate surface area is 92.0 Å². The van der Waals surface area contributed by atoms with Gasteiger partial charge < -0.3 is 16.4 Å². The topological polar surface area (TPSA) is 67.2 Å². The Kier molecular flexibility index (Phi) is 4.39. The van der Waals surface area contributed by atoms with Crippen LogP contribution in [0.25, 0.3) is 0 Å². The van der Waals surface area contributed by atoms with Crippen molar-refractivity contribution in [1.29, 1.82) is 0 Å². The molecular weight excluding hydrogens is 190 g/mol. The predicted octanol–water partition coefficient (Wildman–Crippen LogP) is 1.21. The van der Waals surface area contributed by atoms with E-state index < -0.39 is 0 Å². The second-order valence-corrected chi connectivity index (χ2v) is 4.76. The molecule has 0 aromatic heterocycles. The summed E-state index contributed by atoms with van der Waals surface area (Å²) in [4.78, 5) is 11.2. The van der Waals surface area contributed by atoms with Gasteiger partial charge in [-0.2, -0.15) is 0 Å². The summed E-state index contributed by atoms with van der Waals surface area (Å²) in [5, 5.41) is 5.54. The number of hydrogen-bond donors (Lipinski definition) is 3. The maximum Gasteiger partial charge on any atom is 0.314 e. The van der Waals surface area contributed by atoms with Crippen LogP contribution in [0.4, 0.5) is 4.79 Å². The molecule has 0 unspecified atom stereocenters. The van der Waals surface area contributed by atoms with Gasteiger partial charge in [0.15, 0.2) is 0 Å². The molecule has 0 saturated heterocycles. The minimum atomic E-state index is -0.183. The maximum atomic E-state index is 11.2. The Morgan fingerprint density at radius 3 is 2.53 bits per heavy atom. The molecule has 0 heterocycles. The van der Waals surface area contributed by atoms with Crippen LogP contribution in [-0.2, 0) is 0 Å². The highest BCUT2D eigenvalue weighted by molar-refractivity contribution is 5.73. The van der Waals surface area contributed by atoms with Crippen LogP contribution in [0, 0.1) is 5.92 Å². The lowest BCUT2D eigenvalue weighted by molar-refractivity contribution is 0.220. The molecule has 0 atom stereocenters. The van der Waals surface area contributed by atoms with Crippen molar-refractivity contribution in [2.24, 2.45) is 11.7 Å². The van der Waals surface area contributed by atoms with Crippen LogP contribution < -0.4 is 16.4 Å². The van der Waals surface area contributed by atoms with Crippen LogP contribution in [0.2, 0.25) is 0 Å². The van der Waals surface area contributed by atoms with Gasteiger partial charge in [0.1, 0.15) is 0 Å².